The molecule has 0 radical (unpaired) electrons. The predicted molar refractivity (Wildman–Crippen MR) is 80.6 cm³/mol. The van der Waals surface area contributed by atoms with Crippen molar-refractivity contribution < 1.29 is 4.39 Å². The number of aromatic nitrogens is 2. The Kier molecular flexibility index (Phi) is 3.25. The van der Waals surface area contributed by atoms with Gasteiger partial charge in [-0.1, -0.05) is 30.3 Å². The molecule has 0 N–H and O–H groups in total. The second-order valence-electron chi connectivity index (χ2n) is 4.67. The number of allylic oxidation sites excluding steroid dienone is 1. The smallest absolute Gasteiger partial charge is 0.151 e. The Morgan fingerprint density at radius 2 is 1.90 bits per heavy atom. The number of aryl methyl sites for hydroxylation is 1. The summed E-state index contributed by atoms with van der Waals surface area (Å²) in [5.74, 6) is 0.172. The van der Waals surface area contributed by atoms with E-state index in [9.17, 15) is 9.65 Å². The standard InChI is InChI=1S/C17H12FN3/c1-21-16-9-5-4-8-15(16)20-17(21)13(11-19)10-12-6-2-3-7-14(12)18/h2-10H,1H3. The quantitative estimate of drug-likeness (QED) is 0.669. The van der Waals surface area contributed by atoms with E-state index >= 15 is 0 Å². The van der Waals surface area contributed by atoms with Crippen molar-refractivity contribution in [1.29, 1.82) is 5.26 Å². The molecule has 0 aliphatic carbocycles. The van der Waals surface area contributed by atoms with Crippen LogP contribution in [0.25, 0.3) is 22.7 Å². The molecule has 0 fully saturated rings. The molecule has 1 aromatic heterocycles. The van der Waals surface area contributed by atoms with Crippen LogP contribution in [0.15, 0.2) is 48.5 Å². The Balaban J connectivity index is 2.18. The lowest BCUT2D eigenvalue weighted by Crippen LogP contribution is -1.96. The van der Waals surface area contributed by atoms with E-state index < -0.39 is 0 Å². The highest BCUT2D eigenvalue weighted by atomic mass is 19.1. The first kappa shape index (κ1) is 13.1. The second-order valence-corrected chi connectivity index (χ2v) is 4.67. The SMILES string of the molecule is Cn1c(C(C#N)=Cc2ccccc2F)nc2ccccc21. The molecule has 3 aromatic rings. The number of hydrogen-bond acceptors (Lipinski definition) is 2. The van der Waals surface area contributed by atoms with E-state index in [-0.39, 0.29) is 5.82 Å². The molecule has 102 valence electrons. The minimum Gasteiger partial charge on any atom is -0.327 e. The van der Waals surface area contributed by atoms with Crippen LogP contribution in [-0.2, 0) is 7.05 Å². The maximum absolute atomic E-state index is 13.7. The number of halogens is 1. The Hall–Kier alpha value is -2.93. The van der Waals surface area contributed by atoms with Crippen LogP contribution in [0.1, 0.15) is 11.4 Å². The molecule has 0 aliphatic heterocycles. The molecule has 0 amide bonds. The maximum atomic E-state index is 13.7. The van der Waals surface area contributed by atoms with Crippen LogP contribution in [0, 0.1) is 17.1 Å². The van der Waals surface area contributed by atoms with Gasteiger partial charge in [-0.3, -0.25) is 0 Å². The Morgan fingerprint density at radius 1 is 1.19 bits per heavy atom. The van der Waals surface area contributed by atoms with Gasteiger partial charge in [0.1, 0.15) is 11.9 Å². The van der Waals surface area contributed by atoms with Crippen LogP contribution in [0.5, 0.6) is 0 Å². The van der Waals surface area contributed by atoms with Crippen molar-refractivity contribution in [2.75, 3.05) is 0 Å². The zero-order chi connectivity index (χ0) is 14.8. The number of fused-ring (bicyclic) bond motifs is 1. The van der Waals surface area contributed by atoms with Crippen LogP contribution >= 0.6 is 0 Å². The summed E-state index contributed by atoms with van der Waals surface area (Å²) in [6, 6.07) is 16.1. The van der Waals surface area contributed by atoms with E-state index in [0.717, 1.165) is 11.0 Å². The summed E-state index contributed by atoms with van der Waals surface area (Å²) >= 11 is 0. The number of hydrogen-bond donors (Lipinski definition) is 0. The van der Waals surface area contributed by atoms with E-state index in [1.54, 1.807) is 18.2 Å². The van der Waals surface area contributed by atoms with E-state index in [4.69, 9.17) is 0 Å². The Morgan fingerprint density at radius 3 is 2.62 bits per heavy atom. The van der Waals surface area contributed by atoms with Crippen LogP contribution in [0.2, 0.25) is 0 Å². The molecular weight excluding hydrogens is 265 g/mol. The maximum Gasteiger partial charge on any atom is 0.151 e. The van der Waals surface area contributed by atoms with Gasteiger partial charge in [0.05, 0.1) is 16.6 Å². The summed E-state index contributed by atoms with van der Waals surface area (Å²) in [7, 11) is 1.84. The highest BCUT2D eigenvalue weighted by molar-refractivity contribution is 5.90. The fourth-order valence-electron chi connectivity index (χ4n) is 2.28. The Bertz CT molecular complexity index is 884. The summed E-state index contributed by atoms with van der Waals surface area (Å²) in [6.07, 6.45) is 1.52. The van der Waals surface area contributed by atoms with Gasteiger partial charge in [-0.05, 0) is 24.3 Å². The zero-order valence-electron chi connectivity index (χ0n) is 11.4. The average molecular weight is 277 g/mol. The van der Waals surface area contributed by atoms with Crippen LogP contribution in [-0.4, -0.2) is 9.55 Å². The third-order valence-corrected chi connectivity index (χ3v) is 3.35. The van der Waals surface area contributed by atoms with Crippen molar-refractivity contribution in [1.82, 2.24) is 9.55 Å². The van der Waals surface area contributed by atoms with E-state index in [0.29, 0.717) is 17.0 Å². The van der Waals surface area contributed by atoms with Crippen molar-refractivity contribution in [3.05, 3.63) is 65.7 Å². The molecule has 0 bridgehead atoms. The van der Waals surface area contributed by atoms with Gasteiger partial charge in [-0.25, -0.2) is 9.37 Å². The molecule has 0 atom stereocenters. The topological polar surface area (TPSA) is 41.6 Å². The molecule has 1 heterocycles. The van der Waals surface area contributed by atoms with Crippen LogP contribution < -0.4 is 0 Å². The lowest BCUT2D eigenvalue weighted by Gasteiger charge is -2.01. The molecule has 0 unspecified atom stereocenters. The lowest BCUT2D eigenvalue weighted by atomic mass is 10.1. The zero-order valence-corrected chi connectivity index (χ0v) is 11.4. The van der Waals surface area contributed by atoms with Gasteiger partial charge in [0, 0.05) is 12.6 Å². The van der Waals surface area contributed by atoms with Gasteiger partial charge in [-0.15, -0.1) is 0 Å². The Labute approximate surface area is 121 Å². The molecule has 0 saturated carbocycles. The van der Waals surface area contributed by atoms with E-state index in [1.807, 2.05) is 35.9 Å². The van der Waals surface area contributed by atoms with Gasteiger partial charge >= 0.3 is 0 Å². The number of imidazole rings is 1. The molecule has 0 saturated heterocycles. The minimum absolute atomic E-state index is 0.332. The van der Waals surface area contributed by atoms with Crippen LogP contribution in [0.4, 0.5) is 4.39 Å². The summed E-state index contributed by atoms with van der Waals surface area (Å²) < 4.78 is 15.6. The van der Waals surface area contributed by atoms with Crippen molar-refractivity contribution in [3.8, 4) is 6.07 Å². The molecule has 3 nitrogen and oxygen atoms in total. The van der Waals surface area contributed by atoms with Gasteiger partial charge in [0.2, 0.25) is 0 Å². The summed E-state index contributed by atoms with van der Waals surface area (Å²) in [4.78, 5) is 4.46. The highest BCUT2D eigenvalue weighted by Crippen LogP contribution is 2.22. The van der Waals surface area contributed by atoms with Gasteiger partial charge < -0.3 is 4.57 Å². The third kappa shape index (κ3) is 2.30. The largest absolute Gasteiger partial charge is 0.327 e. The molecule has 21 heavy (non-hydrogen) atoms. The van der Waals surface area contributed by atoms with Crippen molar-refractivity contribution in [2.45, 2.75) is 0 Å². The molecule has 2 aromatic carbocycles. The van der Waals surface area contributed by atoms with Gasteiger partial charge in [0.15, 0.2) is 5.82 Å². The first-order valence-corrected chi connectivity index (χ1v) is 6.49. The number of benzene rings is 2. The number of rotatable bonds is 2. The summed E-state index contributed by atoms with van der Waals surface area (Å²) in [5.41, 5.74) is 2.45. The number of nitriles is 1. The highest BCUT2D eigenvalue weighted by Gasteiger charge is 2.12. The molecule has 0 aliphatic rings. The van der Waals surface area contributed by atoms with Crippen molar-refractivity contribution >= 4 is 22.7 Å². The summed E-state index contributed by atoms with van der Waals surface area (Å²) in [5, 5.41) is 9.39. The average Bonchev–Trinajstić information content (AvgIpc) is 2.84. The van der Waals surface area contributed by atoms with E-state index in [2.05, 4.69) is 11.1 Å². The number of para-hydroxylation sites is 2. The van der Waals surface area contributed by atoms with Gasteiger partial charge in [0.25, 0.3) is 0 Å². The molecule has 3 rings (SSSR count). The fourth-order valence-corrected chi connectivity index (χ4v) is 2.28. The first-order chi connectivity index (χ1) is 10.2. The second kappa shape index (κ2) is 5.22. The summed E-state index contributed by atoms with van der Waals surface area (Å²) in [6.45, 7) is 0. The van der Waals surface area contributed by atoms with E-state index in [1.165, 1.54) is 12.1 Å². The minimum atomic E-state index is -0.357. The normalized spacial score (nSPS) is 11.6. The molecule has 4 heteroatoms. The predicted octanol–water partition coefficient (Wildman–Crippen LogP) is 3.78. The molecular formula is C17H12FN3. The monoisotopic (exact) mass is 277 g/mol. The fraction of sp³-hybridized carbons (Fsp3) is 0.0588. The third-order valence-electron chi connectivity index (χ3n) is 3.35. The number of nitrogens with zero attached hydrogens (tertiary/aromatic N) is 3. The first-order valence-electron chi connectivity index (χ1n) is 6.49. The lowest BCUT2D eigenvalue weighted by molar-refractivity contribution is 0.625. The molecule has 0 spiro atoms. The van der Waals surface area contributed by atoms with Crippen molar-refractivity contribution in [2.24, 2.45) is 7.05 Å². The van der Waals surface area contributed by atoms with Gasteiger partial charge in [-0.2, -0.15) is 5.26 Å². The van der Waals surface area contributed by atoms with Crippen LogP contribution in [0.3, 0.4) is 0 Å². The van der Waals surface area contributed by atoms with Crippen molar-refractivity contribution in [3.63, 3.8) is 0 Å².